The van der Waals surface area contributed by atoms with E-state index in [4.69, 9.17) is 14.6 Å². The van der Waals surface area contributed by atoms with Crippen LogP contribution in [0.5, 0.6) is 11.5 Å². The van der Waals surface area contributed by atoms with E-state index < -0.39 is 12.1 Å². The molecule has 0 aliphatic heterocycles. The smallest absolute Gasteiger partial charge is 0.344 e. The topological polar surface area (TPSA) is 68.1 Å². The number of carbonyl (C=O) groups is 1. The molecular weight excluding hydrogens is 294 g/mol. The summed E-state index contributed by atoms with van der Waals surface area (Å²) in [4.78, 5) is 15.2. The van der Waals surface area contributed by atoms with Crippen LogP contribution in [0, 0.1) is 0 Å². The van der Waals surface area contributed by atoms with Gasteiger partial charge in [-0.2, -0.15) is 0 Å². The Hall–Kier alpha value is -2.82. The molecule has 0 bridgehead atoms. The second kappa shape index (κ2) is 7.98. The summed E-state index contributed by atoms with van der Waals surface area (Å²) in [6.45, 7) is 4.00. The maximum atomic E-state index is 10.8. The quantitative estimate of drug-likeness (QED) is 0.792. The molecule has 0 aliphatic carbocycles. The Balaban J connectivity index is 2.07. The zero-order chi connectivity index (χ0) is 16.7. The van der Waals surface area contributed by atoms with Gasteiger partial charge in [-0.15, -0.1) is 0 Å². The lowest BCUT2D eigenvalue weighted by Gasteiger charge is -2.10. The minimum atomic E-state index is -0.997. The Morgan fingerprint density at radius 3 is 2.57 bits per heavy atom. The first-order valence-corrected chi connectivity index (χ1v) is 7.35. The third-order valence-corrected chi connectivity index (χ3v) is 3.06. The molecular formula is C18H19NO4. The van der Waals surface area contributed by atoms with Crippen molar-refractivity contribution in [3.63, 3.8) is 0 Å². The monoisotopic (exact) mass is 313 g/mol. The predicted molar refractivity (Wildman–Crippen MR) is 89.0 cm³/mol. The van der Waals surface area contributed by atoms with Gasteiger partial charge >= 0.3 is 5.97 Å². The van der Waals surface area contributed by atoms with Crippen LogP contribution < -0.4 is 9.47 Å². The van der Waals surface area contributed by atoms with Crippen molar-refractivity contribution in [2.24, 2.45) is 4.99 Å². The van der Waals surface area contributed by atoms with Gasteiger partial charge in [-0.05, 0) is 55.8 Å². The van der Waals surface area contributed by atoms with E-state index in [2.05, 4.69) is 4.99 Å². The molecule has 1 N–H and O–H groups in total. The normalized spacial score (nSPS) is 12.1. The molecule has 0 unspecified atom stereocenters. The first-order valence-electron chi connectivity index (χ1n) is 7.35. The van der Waals surface area contributed by atoms with E-state index >= 15 is 0 Å². The summed E-state index contributed by atoms with van der Waals surface area (Å²) >= 11 is 0. The van der Waals surface area contributed by atoms with E-state index in [0.29, 0.717) is 12.4 Å². The number of aliphatic imine (C=N–C) groups is 1. The summed E-state index contributed by atoms with van der Waals surface area (Å²) < 4.78 is 10.8. The molecule has 0 amide bonds. The van der Waals surface area contributed by atoms with E-state index in [1.165, 1.54) is 6.92 Å². The lowest BCUT2D eigenvalue weighted by atomic mass is 10.2. The molecule has 0 fully saturated rings. The van der Waals surface area contributed by atoms with Gasteiger partial charge in [-0.3, -0.25) is 4.99 Å². The Bertz CT molecular complexity index is 680. The van der Waals surface area contributed by atoms with Gasteiger partial charge in [-0.25, -0.2) is 4.79 Å². The number of para-hydroxylation sites is 2. The molecule has 2 rings (SSSR count). The van der Waals surface area contributed by atoms with Crippen molar-refractivity contribution < 1.29 is 19.4 Å². The largest absolute Gasteiger partial charge is 0.492 e. The second-order valence-electron chi connectivity index (χ2n) is 4.83. The van der Waals surface area contributed by atoms with E-state index in [1.54, 1.807) is 18.3 Å². The Labute approximate surface area is 135 Å². The maximum absolute atomic E-state index is 10.8. The first-order chi connectivity index (χ1) is 11.1. The molecule has 0 heterocycles. The van der Waals surface area contributed by atoms with Crippen molar-refractivity contribution in [3.05, 3.63) is 54.1 Å². The lowest BCUT2D eigenvalue weighted by molar-refractivity contribution is -0.144. The van der Waals surface area contributed by atoms with E-state index in [-0.39, 0.29) is 0 Å². The number of hydrogen-bond donors (Lipinski definition) is 1. The SMILES string of the molecule is CCOc1ccccc1N=Cc1ccc(O[C@@H](C)C(=O)O)cc1. The van der Waals surface area contributed by atoms with Crippen LogP contribution in [0.3, 0.4) is 0 Å². The van der Waals surface area contributed by atoms with Crippen LogP contribution in [0.15, 0.2) is 53.5 Å². The molecule has 0 spiro atoms. The van der Waals surface area contributed by atoms with E-state index in [0.717, 1.165) is 17.0 Å². The van der Waals surface area contributed by atoms with Crippen molar-refractivity contribution in [1.29, 1.82) is 0 Å². The molecule has 120 valence electrons. The molecule has 0 radical (unpaired) electrons. The number of rotatable bonds is 7. The summed E-state index contributed by atoms with van der Waals surface area (Å²) in [6.07, 6.45) is 0.843. The van der Waals surface area contributed by atoms with Crippen molar-refractivity contribution in [2.45, 2.75) is 20.0 Å². The summed E-state index contributed by atoms with van der Waals surface area (Å²) in [6, 6.07) is 14.6. The Kier molecular flexibility index (Phi) is 5.74. The number of carboxylic acid groups (broad SMARTS) is 1. The molecule has 5 heteroatoms. The summed E-state index contributed by atoms with van der Waals surface area (Å²) in [5.74, 6) is 0.247. The molecule has 0 saturated carbocycles. The van der Waals surface area contributed by atoms with Gasteiger partial charge < -0.3 is 14.6 Å². The maximum Gasteiger partial charge on any atom is 0.344 e. The zero-order valence-corrected chi connectivity index (χ0v) is 13.1. The fourth-order valence-corrected chi connectivity index (χ4v) is 1.87. The van der Waals surface area contributed by atoms with Gasteiger partial charge in [-0.1, -0.05) is 12.1 Å². The number of carboxylic acids is 1. The fraction of sp³-hybridized carbons (Fsp3) is 0.222. The average Bonchev–Trinajstić information content (AvgIpc) is 2.55. The molecule has 0 aromatic heterocycles. The number of benzene rings is 2. The molecule has 0 aliphatic rings. The van der Waals surface area contributed by atoms with Crippen molar-refractivity contribution >= 4 is 17.9 Å². The standard InChI is InChI=1S/C18H19NO4/c1-3-22-17-7-5-4-6-16(17)19-12-14-8-10-15(11-9-14)23-13(2)18(20)21/h4-13H,3H2,1-2H3,(H,20,21)/t13-/m0/s1. The van der Waals surface area contributed by atoms with Gasteiger partial charge in [0.1, 0.15) is 17.2 Å². The molecule has 5 nitrogen and oxygen atoms in total. The highest BCUT2D eigenvalue weighted by molar-refractivity contribution is 5.83. The lowest BCUT2D eigenvalue weighted by Crippen LogP contribution is -2.22. The van der Waals surface area contributed by atoms with Crippen LogP contribution in [-0.4, -0.2) is 30.0 Å². The zero-order valence-electron chi connectivity index (χ0n) is 13.1. The van der Waals surface area contributed by atoms with Crippen LogP contribution in [0.2, 0.25) is 0 Å². The third-order valence-electron chi connectivity index (χ3n) is 3.06. The van der Waals surface area contributed by atoms with E-state index in [1.807, 2.05) is 43.3 Å². The van der Waals surface area contributed by atoms with Crippen molar-refractivity contribution in [2.75, 3.05) is 6.61 Å². The third kappa shape index (κ3) is 4.85. The van der Waals surface area contributed by atoms with Gasteiger partial charge in [0.25, 0.3) is 0 Å². The highest BCUT2D eigenvalue weighted by Gasteiger charge is 2.11. The Morgan fingerprint density at radius 1 is 1.22 bits per heavy atom. The Morgan fingerprint density at radius 2 is 1.91 bits per heavy atom. The molecule has 23 heavy (non-hydrogen) atoms. The number of nitrogens with zero attached hydrogens (tertiary/aromatic N) is 1. The van der Waals surface area contributed by atoms with Crippen LogP contribution in [0.4, 0.5) is 5.69 Å². The number of hydrogen-bond acceptors (Lipinski definition) is 4. The van der Waals surface area contributed by atoms with Gasteiger partial charge in [0.05, 0.1) is 6.61 Å². The van der Waals surface area contributed by atoms with Crippen LogP contribution in [-0.2, 0) is 4.79 Å². The van der Waals surface area contributed by atoms with Crippen molar-refractivity contribution in [3.8, 4) is 11.5 Å². The van der Waals surface area contributed by atoms with Crippen molar-refractivity contribution in [1.82, 2.24) is 0 Å². The summed E-state index contributed by atoms with van der Waals surface area (Å²) in [5.41, 5.74) is 1.64. The second-order valence-corrected chi connectivity index (χ2v) is 4.83. The van der Waals surface area contributed by atoms with Crippen LogP contribution in [0.1, 0.15) is 19.4 Å². The number of aliphatic carboxylic acids is 1. The average molecular weight is 313 g/mol. The molecule has 2 aromatic rings. The molecule has 0 saturated heterocycles. The van der Waals surface area contributed by atoms with Crippen LogP contribution >= 0.6 is 0 Å². The highest BCUT2D eigenvalue weighted by Crippen LogP contribution is 2.26. The first kappa shape index (κ1) is 16.5. The minimum absolute atomic E-state index is 0.506. The fourth-order valence-electron chi connectivity index (χ4n) is 1.87. The van der Waals surface area contributed by atoms with Gasteiger partial charge in [0.2, 0.25) is 0 Å². The molecule has 2 aromatic carbocycles. The van der Waals surface area contributed by atoms with E-state index in [9.17, 15) is 4.79 Å². The van der Waals surface area contributed by atoms with Crippen LogP contribution in [0.25, 0.3) is 0 Å². The van der Waals surface area contributed by atoms with Gasteiger partial charge in [0, 0.05) is 6.21 Å². The summed E-state index contributed by atoms with van der Waals surface area (Å²) in [7, 11) is 0. The summed E-state index contributed by atoms with van der Waals surface area (Å²) in [5, 5.41) is 8.82. The van der Waals surface area contributed by atoms with Gasteiger partial charge in [0.15, 0.2) is 6.10 Å². The number of ether oxygens (including phenoxy) is 2. The molecule has 1 atom stereocenters. The minimum Gasteiger partial charge on any atom is -0.492 e. The predicted octanol–water partition coefficient (Wildman–Crippen LogP) is 3.69. The highest BCUT2D eigenvalue weighted by atomic mass is 16.5.